The van der Waals surface area contributed by atoms with Crippen LogP contribution < -0.4 is 25.3 Å². The number of aromatic amines is 1. The molecular weight excluding hydrogens is 616 g/mol. The summed E-state index contributed by atoms with van der Waals surface area (Å²) in [6, 6.07) is 0. The molecule has 4 rings (SSSR count). The number of nitrogens with zero attached hydrogens (tertiary/aromatic N) is 4. The minimum absolute atomic E-state index is 0.0101. The molecule has 13 nitrogen and oxygen atoms in total. The van der Waals surface area contributed by atoms with Crippen LogP contribution in [0.5, 0.6) is 0 Å². The number of aliphatic hydroxyl groups excluding tert-OH is 1. The van der Waals surface area contributed by atoms with Crippen molar-refractivity contribution in [3.8, 4) is 0 Å². The molecule has 0 bridgehead atoms. The van der Waals surface area contributed by atoms with Crippen molar-refractivity contribution >= 4 is 42.6 Å². The number of halogens is 4. The molecule has 0 saturated carbocycles. The monoisotopic (exact) mass is 644 g/mol. The van der Waals surface area contributed by atoms with Gasteiger partial charge in [0.05, 0.1) is 17.8 Å². The van der Waals surface area contributed by atoms with Gasteiger partial charge in [0.25, 0.3) is 0 Å². The van der Waals surface area contributed by atoms with E-state index in [1.54, 1.807) is 13.0 Å². The number of hydrogen-bond donors (Lipinski definition) is 6. The first-order valence-electron chi connectivity index (χ1n) is 12.9. The van der Waals surface area contributed by atoms with Crippen molar-refractivity contribution in [3.63, 3.8) is 0 Å². The molecule has 0 spiro atoms. The normalized spacial score (nSPS) is 23.7. The zero-order chi connectivity index (χ0) is 31.6. The van der Waals surface area contributed by atoms with Crippen molar-refractivity contribution in [1.29, 1.82) is 0 Å². The summed E-state index contributed by atoms with van der Waals surface area (Å²) in [5, 5.41) is 21.1. The molecule has 1 aliphatic heterocycles. The van der Waals surface area contributed by atoms with Crippen LogP contribution in [-0.2, 0) is 15.5 Å². The number of carbonyl (C=O) groups excluding carboxylic acids is 1. The molecule has 1 aliphatic carbocycles. The summed E-state index contributed by atoms with van der Waals surface area (Å²) in [4.78, 5) is 43.5. The van der Waals surface area contributed by atoms with E-state index in [-0.39, 0.29) is 53.4 Å². The van der Waals surface area contributed by atoms with Crippen LogP contribution in [0.3, 0.4) is 0 Å². The number of amides is 1. The fourth-order valence-corrected chi connectivity index (χ4v) is 6.46. The maximum Gasteiger partial charge on any atom is 0.421 e. The van der Waals surface area contributed by atoms with Crippen LogP contribution in [0.2, 0.25) is 0 Å². The summed E-state index contributed by atoms with van der Waals surface area (Å²) in [5.74, 6) is -2.03. The lowest BCUT2D eigenvalue weighted by Gasteiger charge is -2.42. The van der Waals surface area contributed by atoms with E-state index < -0.39 is 42.3 Å². The number of rotatable bonds is 10. The molecule has 43 heavy (non-hydrogen) atoms. The van der Waals surface area contributed by atoms with E-state index in [1.807, 2.05) is 0 Å². The van der Waals surface area contributed by atoms with Crippen LogP contribution in [0.15, 0.2) is 64.9 Å². The second-order valence-electron chi connectivity index (χ2n) is 9.88. The highest BCUT2D eigenvalue weighted by Gasteiger charge is 2.46. The maximum atomic E-state index is 14.2. The Bertz CT molecular complexity index is 1560. The maximum absolute atomic E-state index is 14.2. The zero-order valence-corrected chi connectivity index (χ0v) is 24.6. The van der Waals surface area contributed by atoms with E-state index in [2.05, 4.69) is 36.1 Å². The smallest absolute Gasteiger partial charge is 0.421 e. The number of aromatic nitrogens is 4. The van der Waals surface area contributed by atoms with Crippen molar-refractivity contribution in [3.05, 3.63) is 70.5 Å². The molecule has 0 radical (unpaired) electrons. The fraction of sp³-hybridized carbons (Fsp3) is 0.360. The molecule has 18 heteroatoms. The summed E-state index contributed by atoms with van der Waals surface area (Å²) in [7, 11) is -3.97. The molecule has 2 aromatic heterocycles. The van der Waals surface area contributed by atoms with Crippen molar-refractivity contribution < 1.29 is 37.4 Å². The highest BCUT2D eigenvalue weighted by atomic mass is 35.5. The molecular formula is C25H29ClF3N8O5P. The van der Waals surface area contributed by atoms with Gasteiger partial charge in [-0.2, -0.15) is 23.3 Å². The summed E-state index contributed by atoms with van der Waals surface area (Å²) < 4.78 is 54.8. The van der Waals surface area contributed by atoms with Crippen LogP contribution in [0.4, 0.5) is 30.6 Å². The molecule has 0 aromatic carbocycles. The van der Waals surface area contributed by atoms with Gasteiger partial charge in [-0.15, -0.1) is 0 Å². The number of quaternary nitrogens is 1. The van der Waals surface area contributed by atoms with E-state index >= 15 is 0 Å². The number of hydrogen-bond acceptors (Lipinski definition) is 9. The van der Waals surface area contributed by atoms with Crippen LogP contribution in [-0.4, -0.2) is 68.1 Å². The first kappa shape index (κ1) is 32.4. The van der Waals surface area contributed by atoms with Gasteiger partial charge < -0.3 is 35.4 Å². The number of alkyl halides is 3. The molecule has 2 aromatic rings. The number of anilines is 2. The average Bonchev–Trinajstić information content (AvgIpc) is 3.48. The Labute approximate surface area is 249 Å². The number of carbonyl (C=O) groups is 1. The largest absolute Gasteiger partial charge is 0.777 e. The third-order valence-electron chi connectivity index (χ3n) is 7.12. The lowest BCUT2D eigenvalue weighted by molar-refractivity contribution is -0.198. The van der Waals surface area contributed by atoms with Gasteiger partial charge in [0.2, 0.25) is 11.6 Å². The Morgan fingerprint density at radius 1 is 1.35 bits per heavy atom. The molecule has 0 fully saturated rings. The van der Waals surface area contributed by atoms with Crippen molar-refractivity contribution in [1.82, 2.24) is 30.0 Å². The molecule has 3 unspecified atom stereocenters. The fourth-order valence-electron chi connectivity index (χ4n) is 4.95. The Hall–Kier alpha value is -3.53. The van der Waals surface area contributed by atoms with E-state index in [0.29, 0.717) is 17.5 Å². The Morgan fingerprint density at radius 2 is 2.09 bits per heavy atom. The summed E-state index contributed by atoms with van der Waals surface area (Å²) in [6.45, 7) is 1.83. The number of aliphatic hydroxyl groups is 1. The lowest BCUT2D eigenvalue weighted by atomic mass is 10.0. The van der Waals surface area contributed by atoms with Crippen molar-refractivity contribution in [2.75, 3.05) is 37.4 Å². The molecule has 3 heterocycles. The van der Waals surface area contributed by atoms with E-state index in [1.165, 1.54) is 37.7 Å². The van der Waals surface area contributed by atoms with E-state index in [4.69, 9.17) is 11.6 Å². The summed E-state index contributed by atoms with van der Waals surface area (Å²) >= 11 is 6.25. The molecule has 2 aliphatic rings. The van der Waals surface area contributed by atoms with Gasteiger partial charge >= 0.3 is 12.1 Å². The van der Waals surface area contributed by atoms with Gasteiger partial charge in [0.1, 0.15) is 35.1 Å². The number of allylic oxidation sites excluding steroid dienone is 3. The first-order valence-corrected chi connectivity index (χ1v) is 14.8. The van der Waals surface area contributed by atoms with Gasteiger partial charge in [-0.3, -0.25) is 9.89 Å². The second kappa shape index (κ2) is 12.2. The minimum Gasteiger partial charge on any atom is -0.777 e. The van der Waals surface area contributed by atoms with Gasteiger partial charge in [-0.1, -0.05) is 23.3 Å². The standard InChI is InChI=1S/C25H29ClF3N8O5P/c1-15-6-7-24(19(26)11-15,43(40,41)42)36-23-31-14-17(25(27,28)29)21(35-23)34-18-5-3-8-37(9-4-10-38,16-12-32-33-13-16)20(18)22(39)30-2/h3,5-6,11-14,38H,4,7-10H2,1-2H3,(H5-,30,31,32,33,34,35,36,39,40,41,42). The molecule has 3 atom stereocenters. The number of nitrogens with one attached hydrogen (secondary N) is 4. The topological polar surface area (TPSA) is 188 Å². The van der Waals surface area contributed by atoms with E-state index in [0.717, 1.165) is 0 Å². The molecule has 6 N–H and O–H groups in total. The molecule has 1 amide bonds. The predicted molar refractivity (Wildman–Crippen MR) is 151 cm³/mol. The van der Waals surface area contributed by atoms with Gasteiger partial charge in [0.15, 0.2) is 13.3 Å². The first-order chi connectivity index (χ1) is 20.2. The van der Waals surface area contributed by atoms with Gasteiger partial charge in [-0.25, -0.2) is 9.47 Å². The third kappa shape index (κ3) is 6.25. The van der Waals surface area contributed by atoms with Crippen LogP contribution in [0.1, 0.15) is 25.3 Å². The van der Waals surface area contributed by atoms with Crippen LogP contribution >= 0.6 is 19.2 Å². The molecule has 0 saturated heterocycles. The highest BCUT2D eigenvalue weighted by molar-refractivity contribution is 7.52. The minimum atomic E-state index is -5.33. The lowest BCUT2D eigenvalue weighted by Crippen LogP contribution is -2.55. The third-order valence-corrected chi connectivity index (χ3v) is 9.18. The highest BCUT2D eigenvalue weighted by Crippen LogP contribution is 2.56. The Balaban J connectivity index is 1.88. The summed E-state index contributed by atoms with van der Waals surface area (Å²) in [5.41, 5.74) is -0.252. The quantitative estimate of drug-likeness (QED) is 0.166. The number of H-pyrrole nitrogens is 1. The van der Waals surface area contributed by atoms with Crippen molar-refractivity contribution in [2.24, 2.45) is 0 Å². The van der Waals surface area contributed by atoms with Gasteiger partial charge in [-0.05, 0) is 25.2 Å². The second-order valence-corrected chi connectivity index (χ2v) is 12.1. The van der Waals surface area contributed by atoms with Crippen molar-refractivity contribution in [2.45, 2.75) is 31.2 Å². The molecule has 232 valence electrons. The van der Waals surface area contributed by atoms with Crippen LogP contribution in [0.25, 0.3) is 0 Å². The van der Waals surface area contributed by atoms with E-state index in [9.17, 15) is 37.4 Å². The summed E-state index contributed by atoms with van der Waals surface area (Å²) in [6.07, 6.45) is 4.18. The number of likely N-dealkylation sites (N-methyl/N-ethyl adjacent to an activating group) is 1. The SMILES string of the molecule is CNC(=O)C1=C(Nc2nc(NC3(P(=O)([O-])O)CC=C(C)C=C3Cl)ncc2C(F)(F)F)C=CC[N+]1(CCCO)c1cn[nH]c1. The Kier molecular flexibility index (Phi) is 9.21. The predicted octanol–water partition coefficient (Wildman–Crippen LogP) is 2.67. The van der Waals surface area contributed by atoms with Gasteiger partial charge in [0, 0.05) is 32.7 Å². The average molecular weight is 645 g/mol. The Morgan fingerprint density at radius 3 is 2.67 bits per heavy atom. The van der Waals surface area contributed by atoms with Crippen LogP contribution in [0, 0.1) is 0 Å². The zero-order valence-electron chi connectivity index (χ0n) is 22.9.